The lowest BCUT2D eigenvalue weighted by Gasteiger charge is -2.19. The minimum Gasteiger partial charge on any atom is -0.478 e. The van der Waals surface area contributed by atoms with Crippen LogP contribution in [0, 0.1) is 5.92 Å². The molecule has 1 saturated heterocycles. The molecule has 0 amide bonds. The monoisotopic (exact) mass is 336 g/mol. The number of aliphatic carboxylic acids is 1. The lowest BCUT2D eigenvalue weighted by atomic mass is 9.94. The molecule has 1 aliphatic heterocycles. The van der Waals surface area contributed by atoms with Gasteiger partial charge < -0.3 is 9.84 Å². The van der Waals surface area contributed by atoms with E-state index in [0.717, 1.165) is 12.8 Å². The van der Waals surface area contributed by atoms with E-state index in [9.17, 15) is 18.3 Å². The third kappa shape index (κ3) is 3.64. The van der Waals surface area contributed by atoms with E-state index in [0.29, 0.717) is 31.6 Å². The second kappa shape index (κ2) is 6.45. The zero-order valence-electron chi connectivity index (χ0n) is 12.8. The Morgan fingerprint density at radius 3 is 2.22 bits per heavy atom. The highest BCUT2D eigenvalue weighted by molar-refractivity contribution is 7.92. The van der Waals surface area contributed by atoms with Gasteiger partial charge in [0.05, 0.1) is 15.7 Å². The summed E-state index contributed by atoms with van der Waals surface area (Å²) in [6.07, 6.45) is 4.83. The Balaban J connectivity index is 1.85. The first-order chi connectivity index (χ1) is 11.0. The van der Waals surface area contributed by atoms with Gasteiger partial charge in [0, 0.05) is 13.2 Å². The minimum absolute atomic E-state index is 0.185. The number of hydrogen-bond acceptors (Lipinski definition) is 4. The van der Waals surface area contributed by atoms with Crippen molar-refractivity contribution in [3.05, 3.63) is 35.9 Å². The molecule has 1 aromatic rings. The van der Waals surface area contributed by atoms with Crippen molar-refractivity contribution in [3.8, 4) is 0 Å². The van der Waals surface area contributed by atoms with Gasteiger partial charge in [-0.2, -0.15) is 0 Å². The van der Waals surface area contributed by atoms with E-state index in [2.05, 4.69) is 0 Å². The Morgan fingerprint density at radius 1 is 1.09 bits per heavy atom. The van der Waals surface area contributed by atoms with E-state index in [1.165, 1.54) is 12.1 Å². The average molecular weight is 336 g/mol. The maximum absolute atomic E-state index is 12.2. The van der Waals surface area contributed by atoms with Crippen LogP contribution in [-0.2, 0) is 19.4 Å². The summed E-state index contributed by atoms with van der Waals surface area (Å²) >= 11 is 0. The predicted molar refractivity (Wildman–Crippen MR) is 85.8 cm³/mol. The predicted octanol–water partition coefficient (Wildman–Crippen LogP) is 2.52. The fourth-order valence-corrected chi connectivity index (χ4v) is 4.46. The van der Waals surface area contributed by atoms with Gasteiger partial charge in [-0.25, -0.2) is 13.2 Å². The highest BCUT2D eigenvalue weighted by atomic mass is 32.2. The second-order valence-electron chi connectivity index (χ2n) is 6.10. The first kappa shape index (κ1) is 16.2. The number of ether oxygens (including phenoxy) is 1. The van der Waals surface area contributed by atoms with Crippen molar-refractivity contribution in [3.63, 3.8) is 0 Å². The van der Waals surface area contributed by atoms with Crippen LogP contribution in [-0.4, -0.2) is 38.0 Å². The van der Waals surface area contributed by atoms with Crippen LogP contribution in [0.15, 0.2) is 35.2 Å². The van der Waals surface area contributed by atoms with Gasteiger partial charge in [0.15, 0.2) is 9.84 Å². The Morgan fingerprint density at radius 2 is 1.70 bits per heavy atom. The Kier molecular flexibility index (Phi) is 4.55. The molecule has 1 N–H and O–H groups in total. The summed E-state index contributed by atoms with van der Waals surface area (Å²) < 4.78 is 29.6. The highest BCUT2D eigenvalue weighted by Gasteiger charge is 2.36. The average Bonchev–Trinajstić information content (AvgIpc) is 3.39. The summed E-state index contributed by atoms with van der Waals surface area (Å²) in [4.78, 5) is 11.8. The van der Waals surface area contributed by atoms with Gasteiger partial charge in [-0.15, -0.1) is 0 Å². The third-order valence-electron chi connectivity index (χ3n) is 4.36. The summed E-state index contributed by atoms with van der Waals surface area (Å²) in [6.45, 7) is 1.29. The molecule has 0 unspecified atom stereocenters. The van der Waals surface area contributed by atoms with E-state index in [1.54, 1.807) is 18.2 Å². The number of allylic oxidation sites excluding steroid dienone is 1. The van der Waals surface area contributed by atoms with Crippen molar-refractivity contribution in [2.45, 2.75) is 35.8 Å². The zero-order chi connectivity index (χ0) is 16.4. The molecule has 23 heavy (non-hydrogen) atoms. The van der Waals surface area contributed by atoms with Crippen LogP contribution in [0.2, 0.25) is 0 Å². The van der Waals surface area contributed by atoms with Crippen LogP contribution in [0.4, 0.5) is 0 Å². The lowest BCUT2D eigenvalue weighted by molar-refractivity contribution is -0.130. The van der Waals surface area contributed by atoms with Crippen molar-refractivity contribution in [2.75, 3.05) is 13.2 Å². The molecule has 0 bridgehead atoms. The minimum atomic E-state index is -3.24. The molecule has 6 heteroatoms. The molecule has 1 aliphatic carbocycles. The number of carbonyl (C=O) groups is 1. The topological polar surface area (TPSA) is 80.7 Å². The van der Waals surface area contributed by atoms with Gasteiger partial charge in [0.25, 0.3) is 0 Å². The van der Waals surface area contributed by atoms with E-state index >= 15 is 0 Å². The normalized spacial score (nSPS) is 20.4. The van der Waals surface area contributed by atoms with Crippen LogP contribution >= 0.6 is 0 Å². The maximum Gasteiger partial charge on any atom is 0.335 e. The van der Waals surface area contributed by atoms with Gasteiger partial charge in [-0.3, -0.25) is 0 Å². The fraction of sp³-hybridized carbons (Fsp3) is 0.471. The van der Waals surface area contributed by atoms with Crippen LogP contribution < -0.4 is 0 Å². The molecular formula is C17H20O5S. The van der Waals surface area contributed by atoms with Gasteiger partial charge in [0.1, 0.15) is 0 Å². The Hall–Kier alpha value is -1.66. The fourth-order valence-electron chi connectivity index (χ4n) is 2.80. The Labute approximate surface area is 135 Å². The van der Waals surface area contributed by atoms with Crippen molar-refractivity contribution in [1.29, 1.82) is 0 Å². The largest absolute Gasteiger partial charge is 0.478 e. The first-order valence-corrected chi connectivity index (χ1v) is 9.40. The number of sulfone groups is 1. The number of carboxylic acid groups (broad SMARTS) is 1. The third-order valence-corrected chi connectivity index (χ3v) is 6.63. The van der Waals surface area contributed by atoms with Crippen LogP contribution in [0.1, 0.15) is 31.2 Å². The van der Waals surface area contributed by atoms with Crippen molar-refractivity contribution < 1.29 is 23.1 Å². The number of rotatable bonds is 5. The lowest BCUT2D eigenvalue weighted by Crippen LogP contribution is -2.15. The van der Waals surface area contributed by atoms with Gasteiger partial charge >= 0.3 is 5.97 Å². The molecule has 2 aliphatic rings. The molecule has 0 atom stereocenters. The van der Waals surface area contributed by atoms with Crippen LogP contribution in [0.5, 0.6) is 0 Å². The Bertz CT molecular complexity index is 708. The van der Waals surface area contributed by atoms with Crippen molar-refractivity contribution in [2.24, 2.45) is 5.92 Å². The number of hydrogen-bond donors (Lipinski definition) is 1. The molecule has 1 saturated carbocycles. The summed E-state index contributed by atoms with van der Waals surface area (Å²) in [6, 6.07) is 6.22. The van der Waals surface area contributed by atoms with Gasteiger partial charge in [-0.05, 0) is 49.3 Å². The van der Waals surface area contributed by atoms with Crippen LogP contribution in [0.25, 0.3) is 5.57 Å². The van der Waals surface area contributed by atoms with E-state index in [4.69, 9.17) is 4.74 Å². The van der Waals surface area contributed by atoms with E-state index in [-0.39, 0.29) is 21.6 Å². The molecule has 0 radical (unpaired) electrons. The number of carboxylic acids is 1. The van der Waals surface area contributed by atoms with Gasteiger partial charge in [-0.1, -0.05) is 18.2 Å². The highest BCUT2D eigenvalue weighted by Crippen LogP contribution is 2.34. The molecule has 2 fully saturated rings. The summed E-state index contributed by atoms with van der Waals surface area (Å²) in [5.74, 6) is -0.806. The van der Waals surface area contributed by atoms with E-state index in [1.807, 2.05) is 0 Å². The summed E-state index contributed by atoms with van der Waals surface area (Å²) in [7, 11) is -3.24. The zero-order valence-corrected chi connectivity index (χ0v) is 13.6. The van der Waals surface area contributed by atoms with E-state index < -0.39 is 15.8 Å². The van der Waals surface area contributed by atoms with Crippen molar-refractivity contribution in [1.82, 2.24) is 0 Å². The molecule has 5 nitrogen and oxygen atoms in total. The molecule has 0 spiro atoms. The van der Waals surface area contributed by atoms with Crippen molar-refractivity contribution >= 4 is 21.4 Å². The molecular weight excluding hydrogens is 316 g/mol. The number of benzene rings is 1. The SMILES string of the molecule is O=C(O)/C(=C\C1CCOCC1)c1ccc(S(=O)(=O)C2CC2)cc1. The summed E-state index contributed by atoms with van der Waals surface area (Å²) in [5, 5.41) is 9.21. The molecule has 124 valence electrons. The van der Waals surface area contributed by atoms with Crippen LogP contribution in [0.3, 0.4) is 0 Å². The van der Waals surface area contributed by atoms with Gasteiger partial charge in [0.2, 0.25) is 0 Å². The molecule has 3 rings (SSSR count). The smallest absolute Gasteiger partial charge is 0.335 e. The quantitative estimate of drug-likeness (QED) is 0.836. The standard InChI is InChI=1S/C17H20O5S/c18-17(19)16(11-12-7-9-22-10-8-12)13-1-3-14(4-2-13)23(20,21)15-5-6-15/h1-4,11-12,15H,5-10H2,(H,18,19)/b16-11-. The molecule has 1 heterocycles. The molecule has 1 aromatic carbocycles. The first-order valence-electron chi connectivity index (χ1n) is 7.85. The maximum atomic E-state index is 12.2. The summed E-state index contributed by atoms with van der Waals surface area (Å²) in [5.41, 5.74) is 0.769. The molecule has 0 aromatic heterocycles. The second-order valence-corrected chi connectivity index (χ2v) is 8.33.